The van der Waals surface area contributed by atoms with Crippen LogP contribution in [-0.2, 0) is 11.3 Å². The number of aryl methyl sites for hydroxylation is 1. The van der Waals surface area contributed by atoms with Gasteiger partial charge in [0.15, 0.2) is 0 Å². The number of carbonyl (C=O) groups excluding carboxylic acids is 1. The number of carbonyl (C=O) groups is 1. The Labute approximate surface area is 148 Å². The summed E-state index contributed by atoms with van der Waals surface area (Å²) in [5.74, 6) is 0.765. The summed E-state index contributed by atoms with van der Waals surface area (Å²) in [6.45, 7) is 8.13. The van der Waals surface area contributed by atoms with E-state index < -0.39 is 0 Å². The van der Waals surface area contributed by atoms with Crippen LogP contribution in [0.3, 0.4) is 0 Å². The second-order valence-corrected chi connectivity index (χ2v) is 6.53. The van der Waals surface area contributed by atoms with Crippen molar-refractivity contribution < 1.29 is 9.53 Å². The van der Waals surface area contributed by atoms with Gasteiger partial charge in [-0.3, -0.25) is 4.79 Å². The van der Waals surface area contributed by atoms with Crippen LogP contribution in [0.4, 0.5) is 5.82 Å². The molecule has 0 unspecified atom stereocenters. The van der Waals surface area contributed by atoms with Gasteiger partial charge in [0, 0.05) is 31.5 Å². The molecule has 0 aliphatic carbocycles. The summed E-state index contributed by atoms with van der Waals surface area (Å²) in [4.78, 5) is 23.1. The summed E-state index contributed by atoms with van der Waals surface area (Å²) in [7, 11) is 0. The maximum absolute atomic E-state index is 12.1. The van der Waals surface area contributed by atoms with Crippen molar-refractivity contribution in [1.29, 1.82) is 0 Å². The number of ether oxygens (including phenoxy) is 1. The van der Waals surface area contributed by atoms with E-state index in [2.05, 4.69) is 34.0 Å². The number of nitrogens with one attached hydrogen (secondary N) is 1. The highest BCUT2D eigenvalue weighted by Gasteiger charge is 2.22. The van der Waals surface area contributed by atoms with E-state index in [1.54, 1.807) is 6.07 Å². The number of rotatable bonds is 4. The number of nitrogens with zero attached hydrogens (tertiary/aromatic N) is 3. The molecule has 2 aromatic heterocycles. The number of pyridine rings is 2. The van der Waals surface area contributed by atoms with Crippen LogP contribution in [0.15, 0.2) is 36.5 Å². The van der Waals surface area contributed by atoms with Gasteiger partial charge in [-0.2, -0.15) is 0 Å². The van der Waals surface area contributed by atoms with Crippen LogP contribution in [0.2, 0.25) is 0 Å². The molecule has 1 amide bonds. The summed E-state index contributed by atoms with van der Waals surface area (Å²) >= 11 is 0. The Balaban J connectivity index is 1.58. The lowest BCUT2D eigenvalue weighted by Crippen LogP contribution is -2.45. The third-order valence-electron chi connectivity index (χ3n) is 4.13. The van der Waals surface area contributed by atoms with Crippen molar-refractivity contribution in [2.75, 3.05) is 18.0 Å². The number of hydrogen-bond acceptors (Lipinski definition) is 5. The third kappa shape index (κ3) is 4.54. The number of hydrogen-bond donors (Lipinski definition) is 1. The van der Waals surface area contributed by atoms with Crippen molar-refractivity contribution in [3.8, 4) is 0 Å². The lowest BCUT2D eigenvalue weighted by Gasteiger charge is -2.36. The molecule has 0 spiro atoms. The molecule has 0 aromatic carbocycles. The van der Waals surface area contributed by atoms with Crippen molar-refractivity contribution in [2.45, 2.75) is 39.5 Å². The van der Waals surface area contributed by atoms with Gasteiger partial charge in [0.1, 0.15) is 11.5 Å². The molecule has 132 valence electrons. The van der Waals surface area contributed by atoms with Crippen molar-refractivity contribution in [1.82, 2.24) is 15.3 Å². The van der Waals surface area contributed by atoms with E-state index in [0.29, 0.717) is 12.2 Å². The molecule has 1 N–H and O–H groups in total. The Morgan fingerprint density at radius 1 is 1.24 bits per heavy atom. The lowest BCUT2D eigenvalue weighted by atomic mass is 10.2. The largest absolute Gasteiger partial charge is 0.372 e. The van der Waals surface area contributed by atoms with E-state index in [4.69, 9.17) is 4.74 Å². The first-order chi connectivity index (χ1) is 12.0. The van der Waals surface area contributed by atoms with Gasteiger partial charge < -0.3 is 15.0 Å². The molecule has 2 aromatic rings. The lowest BCUT2D eigenvalue weighted by molar-refractivity contribution is -0.00546. The molecule has 3 heterocycles. The molecule has 0 saturated carbocycles. The fraction of sp³-hybridized carbons (Fsp3) is 0.421. The Bertz CT molecular complexity index is 722. The average Bonchev–Trinajstić information content (AvgIpc) is 2.59. The molecule has 1 aliphatic rings. The Hall–Kier alpha value is -2.47. The normalized spacial score (nSPS) is 20.4. The molecule has 25 heavy (non-hydrogen) atoms. The number of anilines is 1. The monoisotopic (exact) mass is 340 g/mol. The summed E-state index contributed by atoms with van der Waals surface area (Å²) in [5, 5.41) is 2.88. The van der Waals surface area contributed by atoms with Crippen LogP contribution in [0.5, 0.6) is 0 Å². The van der Waals surface area contributed by atoms with E-state index in [0.717, 1.165) is 30.2 Å². The Morgan fingerprint density at radius 3 is 2.64 bits per heavy atom. The van der Waals surface area contributed by atoms with E-state index in [9.17, 15) is 4.79 Å². The molecular formula is C19H24N4O2. The van der Waals surface area contributed by atoms with Crippen LogP contribution < -0.4 is 10.2 Å². The van der Waals surface area contributed by atoms with Crippen LogP contribution in [0.1, 0.15) is 35.6 Å². The Kier molecular flexibility index (Phi) is 5.28. The van der Waals surface area contributed by atoms with Crippen LogP contribution in [0, 0.1) is 6.92 Å². The second-order valence-electron chi connectivity index (χ2n) is 6.53. The van der Waals surface area contributed by atoms with Crippen molar-refractivity contribution in [3.05, 3.63) is 53.5 Å². The van der Waals surface area contributed by atoms with Gasteiger partial charge >= 0.3 is 0 Å². The van der Waals surface area contributed by atoms with E-state index in [-0.39, 0.29) is 18.1 Å². The molecule has 0 bridgehead atoms. The zero-order chi connectivity index (χ0) is 17.8. The third-order valence-corrected chi connectivity index (χ3v) is 4.13. The fourth-order valence-electron chi connectivity index (χ4n) is 3.02. The highest BCUT2D eigenvalue weighted by atomic mass is 16.5. The molecule has 1 saturated heterocycles. The predicted molar refractivity (Wildman–Crippen MR) is 96.6 cm³/mol. The van der Waals surface area contributed by atoms with Crippen molar-refractivity contribution in [2.24, 2.45) is 0 Å². The molecule has 1 aliphatic heterocycles. The minimum absolute atomic E-state index is 0.177. The number of morpholine rings is 1. The quantitative estimate of drug-likeness (QED) is 0.925. The number of aromatic nitrogens is 2. The highest BCUT2D eigenvalue weighted by Crippen LogP contribution is 2.18. The summed E-state index contributed by atoms with van der Waals surface area (Å²) in [5.41, 5.74) is 2.22. The highest BCUT2D eigenvalue weighted by molar-refractivity contribution is 5.92. The molecule has 6 heteroatoms. The standard InChI is InChI=1S/C19H24N4O2/c1-13-5-4-6-17(22-13)19(24)21-10-16-7-8-18(20-9-16)23-11-14(2)25-15(3)12-23/h4-9,14-15H,10-12H2,1-3H3,(H,21,24)/t14-,15-/m1/s1. The molecule has 2 atom stereocenters. The van der Waals surface area contributed by atoms with E-state index in [1.165, 1.54) is 0 Å². The fourth-order valence-corrected chi connectivity index (χ4v) is 3.02. The summed E-state index contributed by atoms with van der Waals surface area (Å²) < 4.78 is 5.75. The first-order valence-electron chi connectivity index (χ1n) is 8.58. The number of amides is 1. The van der Waals surface area contributed by atoms with Crippen LogP contribution >= 0.6 is 0 Å². The van der Waals surface area contributed by atoms with Gasteiger partial charge in [-0.15, -0.1) is 0 Å². The van der Waals surface area contributed by atoms with Crippen molar-refractivity contribution in [3.63, 3.8) is 0 Å². The van der Waals surface area contributed by atoms with Gasteiger partial charge in [0.05, 0.1) is 12.2 Å². The van der Waals surface area contributed by atoms with E-state index >= 15 is 0 Å². The zero-order valence-electron chi connectivity index (χ0n) is 14.9. The first-order valence-corrected chi connectivity index (χ1v) is 8.58. The summed E-state index contributed by atoms with van der Waals surface area (Å²) in [6.07, 6.45) is 2.21. The summed E-state index contributed by atoms with van der Waals surface area (Å²) in [6, 6.07) is 9.41. The molecule has 1 fully saturated rings. The van der Waals surface area contributed by atoms with Crippen LogP contribution in [-0.4, -0.2) is 41.2 Å². The van der Waals surface area contributed by atoms with E-state index in [1.807, 2.05) is 37.4 Å². The molecule has 3 rings (SSSR count). The van der Waals surface area contributed by atoms with Gasteiger partial charge in [-0.1, -0.05) is 12.1 Å². The van der Waals surface area contributed by atoms with Crippen molar-refractivity contribution >= 4 is 11.7 Å². The van der Waals surface area contributed by atoms with Crippen LogP contribution in [0.25, 0.3) is 0 Å². The molecule has 0 radical (unpaired) electrons. The first kappa shape index (κ1) is 17.4. The van der Waals surface area contributed by atoms with Gasteiger partial charge in [0.25, 0.3) is 5.91 Å². The molecule has 6 nitrogen and oxygen atoms in total. The second kappa shape index (κ2) is 7.61. The maximum atomic E-state index is 12.1. The van der Waals surface area contributed by atoms with Gasteiger partial charge in [-0.25, -0.2) is 9.97 Å². The smallest absolute Gasteiger partial charge is 0.270 e. The average molecular weight is 340 g/mol. The SMILES string of the molecule is Cc1cccc(C(=O)NCc2ccc(N3C[C@@H](C)O[C@H](C)C3)nc2)n1. The van der Waals surface area contributed by atoms with Gasteiger partial charge in [0.2, 0.25) is 0 Å². The van der Waals surface area contributed by atoms with Gasteiger partial charge in [-0.05, 0) is 44.5 Å². The topological polar surface area (TPSA) is 67.4 Å². The molecular weight excluding hydrogens is 316 g/mol. The predicted octanol–water partition coefficient (Wildman–Crippen LogP) is 2.33. The Morgan fingerprint density at radius 2 is 2.00 bits per heavy atom. The maximum Gasteiger partial charge on any atom is 0.270 e. The minimum Gasteiger partial charge on any atom is -0.372 e. The minimum atomic E-state index is -0.177. The zero-order valence-corrected chi connectivity index (χ0v) is 14.9.